The fourth-order valence-corrected chi connectivity index (χ4v) is 6.42. The molecule has 0 spiro atoms. The average molecular weight is 547 g/mol. The Bertz CT molecular complexity index is 1560. The number of aryl methyl sites for hydroxylation is 3. The molecule has 6 rings (SSSR count). The number of fused-ring (bicyclic) bond motifs is 2. The second-order valence-corrected chi connectivity index (χ2v) is 11.4. The van der Waals surface area contributed by atoms with Crippen molar-refractivity contribution in [2.24, 2.45) is 5.92 Å². The summed E-state index contributed by atoms with van der Waals surface area (Å²) in [4.78, 5) is 24.4. The van der Waals surface area contributed by atoms with Crippen molar-refractivity contribution in [1.82, 2.24) is 19.4 Å². The van der Waals surface area contributed by atoms with Gasteiger partial charge in [-0.15, -0.1) is 0 Å². The zero-order chi connectivity index (χ0) is 28.3. The van der Waals surface area contributed by atoms with Gasteiger partial charge in [0.05, 0.1) is 5.69 Å². The number of allylic oxidation sites excluding steroid dienone is 1. The van der Waals surface area contributed by atoms with Crippen LogP contribution in [0.1, 0.15) is 65.4 Å². The number of amides is 2. The number of aromatic nitrogens is 3. The van der Waals surface area contributed by atoms with Gasteiger partial charge in [0.1, 0.15) is 5.82 Å². The summed E-state index contributed by atoms with van der Waals surface area (Å²) < 4.78 is 2.22. The molecule has 2 amide bonds. The van der Waals surface area contributed by atoms with Crippen LogP contribution in [0.2, 0.25) is 0 Å². The van der Waals surface area contributed by atoms with Gasteiger partial charge in [0, 0.05) is 55.5 Å². The summed E-state index contributed by atoms with van der Waals surface area (Å²) in [6.45, 7) is 6.60. The zero-order valence-corrected chi connectivity index (χ0v) is 23.9. The number of hydrogen-bond acceptors (Lipinski definition) is 4. The number of nitrogen functional groups attached to an aromatic ring is 1. The van der Waals surface area contributed by atoms with Crippen molar-refractivity contribution < 1.29 is 4.79 Å². The summed E-state index contributed by atoms with van der Waals surface area (Å²) in [7, 11) is 0. The SMILES string of the molecule is Cc1ccc2c(c1)C=C(CCCn1ccnc1C)c1cccnc1C2C1CCN(C(=O)Nc2ccc(N)cc2)CC1. The molecule has 4 aromatic rings. The summed E-state index contributed by atoms with van der Waals surface area (Å²) in [6, 6.07) is 18.4. The molecule has 3 heterocycles. The minimum Gasteiger partial charge on any atom is -0.399 e. The molecule has 3 N–H and O–H groups in total. The number of anilines is 2. The van der Waals surface area contributed by atoms with Crippen LogP contribution in [0.4, 0.5) is 16.2 Å². The number of benzene rings is 2. The number of nitrogens with zero attached hydrogens (tertiary/aromatic N) is 4. The lowest BCUT2D eigenvalue weighted by molar-refractivity contribution is 0.177. The number of nitrogens with two attached hydrogens (primary N) is 1. The van der Waals surface area contributed by atoms with Gasteiger partial charge in [-0.25, -0.2) is 9.78 Å². The molecule has 0 saturated carbocycles. The van der Waals surface area contributed by atoms with Crippen LogP contribution in [0.25, 0.3) is 11.6 Å². The lowest BCUT2D eigenvalue weighted by Gasteiger charge is -2.36. The van der Waals surface area contributed by atoms with Crippen molar-refractivity contribution in [2.45, 2.75) is 52.0 Å². The monoisotopic (exact) mass is 546 g/mol. The number of carbonyl (C=O) groups is 1. The number of imidazole rings is 1. The highest BCUT2D eigenvalue weighted by atomic mass is 16.2. The van der Waals surface area contributed by atoms with E-state index in [0.717, 1.165) is 56.8 Å². The molecule has 7 heteroatoms. The van der Waals surface area contributed by atoms with E-state index in [1.54, 1.807) is 12.1 Å². The molecule has 1 aliphatic carbocycles. The van der Waals surface area contributed by atoms with E-state index in [0.29, 0.717) is 11.6 Å². The second kappa shape index (κ2) is 11.6. The standard InChI is InChI=1S/C34H38N6O/c1-23-7-12-30-27(21-23)22-26(5-4-17-39-20-16-36-24(39)2)31-6-3-15-37-33(31)32(30)25-13-18-40(19-14-25)34(41)38-29-10-8-28(35)9-11-29/h3,6-12,15-16,20-22,25,32H,4-5,13-14,17-19,35H2,1-2H3,(H,38,41). The van der Waals surface area contributed by atoms with Crippen LogP contribution in [0.15, 0.2) is 73.2 Å². The molecule has 1 fully saturated rings. The normalized spacial score (nSPS) is 16.9. The van der Waals surface area contributed by atoms with Crippen molar-refractivity contribution >= 4 is 29.1 Å². The van der Waals surface area contributed by atoms with Gasteiger partial charge >= 0.3 is 6.03 Å². The first kappa shape index (κ1) is 26.8. The number of piperidine rings is 1. The maximum Gasteiger partial charge on any atom is 0.321 e. The molecule has 1 unspecified atom stereocenters. The summed E-state index contributed by atoms with van der Waals surface area (Å²) in [5.74, 6) is 1.64. The molecule has 1 atom stereocenters. The Morgan fingerprint density at radius 1 is 1.02 bits per heavy atom. The third-order valence-electron chi connectivity index (χ3n) is 8.62. The van der Waals surface area contributed by atoms with E-state index in [4.69, 9.17) is 10.7 Å². The topological polar surface area (TPSA) is 89.1 Å². The smallest absolute Gasteiger partial charge is 0.321 e. The number of urea groups is 1. The molecule has 41 heavy (non-hydrogen) atoms. The van der Waals surface area contributed by atoms with Crippen molar-refractivity contribution in [1.29, 1.82) is 0 Å². The van der Waals surface area contributed by atoms with Crippen molar-refractivity contribution in [2.75, 3.05) is 24.1 Å². The summed E-state index contributed by atoms with van der Waals surface area (Å²) >= 11 is 0. The Morgan fingerprint density at radius 2 is 1.83 bits per heavy atom. The fourth-order valence-electron chi connectivity index (χ4n) is 6.42. The maximum atomic E-state index is 13.0. The van der Waals surface area contributed by atoms with Gasteiger partial charge in [0.25, 0.3) is 0 Å². The second-order valence-electron chi connectivity index (χ2n) is 11.4. The Kier molecular flexibility index (Phi) is 7.59. The van der Waals surface area contributed by atoms with Crippen molar-refractivity contribution in [3.05, 3.63) is 107 Å². The molecule has 210 valence electrons. The van der Waals surface area contributed by atoms with E-state index in [1.165, 1.54) is 33.5 Å². The number of rotatable bonds is 6. The van der Waals surface area contributed by atoms with Gasteiger partial charge in [-0.2, -0.15) is 0 Å². The number of hydrogen-bond donors (Lipinski definition) is 2. The minimum atomic E-state index is -0.0549. The Hall–Kier alpha value is -4.39. The van der Waals surface area contributed by atoms with E-state index in [-0.39, 0.29) is 11.9 Å². The number of likely N-dealkylation sites (tertiary alicyclic amines) is 1. The molecule has 1 aliphatic heterocycles. The van der Waals surface area contributed by atoms with Gasteiger partial charge < -0.3 is 20.5 Å². The van der Waals surface area contributed by atoms with Gasteiger partial charge in [0.15, 0.2) is 0 Å². The lowest BCUT2D eigenvalue weighted by Crippen LogP contribution is -2.42. The first-order chi connectivity index (χ1) is 20.0. The molecule has 2 aliphatic rings. The minimum absolute atomic E-state index is 0.0549. The third kappa shape index (κ3) is 5.75. The van der Waals surface area contributed by atoms with Crippen molar-refractivity contribution in [3.8, 4) is 0 Å². The summed E-state index contributed by atoms with van der Waals surface area (Å²) in [6.07, 6.45) is 12.1. The Labute approximate surface area is 242 Å². The van der Waals surface area contributed by atoms with E-state index in [1.807, 2.05) is 29.4 Å². The van der Waals surface area contributed by atoms with Gasteiger partial charge in [-0.1, -0.05) is 35.9 Å². The van der Waals surface area contributed by atoms with Crippen LogP contribution in [-0.2, 0) is 6.54 Å². The maximum absolute atomic E-state index is 13.0. The van der Waals surface area contributed by atoms with Crippen LogP contribution in [0.5, 0.6) is 0 Å². The van der Waals surface area contributed by atoms with Crippen LogP contribution in [0, 0.1) is 19.8 Å². The van der Waals surface area contributed by atoms with E-state index >= 15 is 0 Å². The quantitative estimate of drug-likeness (QED) is 0.258. The summed E-state index contributed by atoms with van der Waals surface area (Å²) in [5, 5.41) is 3.02. The number of pyridine rings is 1. The molecule has 1 saturated heterocycles. The average Bonchev–Trinajstić information content (AvgIpc) is 3.33. The highest BCUT2D eigenvalue weighted by molar-refractivity contribution is 5.89. The predicted molar refractivity (Wildman–Crippen MR) is 165 cm³/mol. The molecule has 0 bridgehead atoms. The molecule has 7 nitrogen and oxygen atoms in total. The number of nitrogens with one attached hydrogen (secondary N) is 1. The van der Waals surface area contributed by atoms with Gasteiger partial charge in [-0.3, -0.25) is 4.98 Å². The Morgan fingerprint density at radius 3 is 2.59 bits per heavy atom. The van der Waals surface area contributed by atoms with E-state index in [9.17, 15) is 4.79 Å². The molecule has 0 radical (unpaired) electrons. The zero-order valence-electron chi connectivity index (χ0n) is 23.9. The summed E-state index contributed by atoms with van der Waals surface area (Å²) in [5.41, 5.74) is 14.9. The van der Waals surface area contributed by atoms with Crippen LogP contribution < -0.4 is 11.1 Å². The molecule has 2 aromatic heterocycles. The fraction of sp³-hybridized carbons (Fsp3) is 0.324. The van der Waals surface area contributed by atoms with Crippen LogP contribution >= 0.6 is 0 Å². The largest absolute Gasteiger partial charge is 0.399 e. The van der Waals surface area contributed by atoms with Crippen molar-refractivity contribution in [3.63, 3.8) is 0 Å². The number of carbonyl (C=O) groups excluding carboxylic acids is 1. The van der Waals surface area contributed by atoms with Gasteiger partial charge in [0.2, 0.25) is 0 Å². The van der Waals surface area contributed by atoms with E-state index in [2.05, 4.69) is 71.3 Å². The van der Waals surface area contributed by atoms with Gasteiger partial charge in [-0.05, 0) is 98.0 Å². The lowest BCUT2D eigenvalue weighted by atomic mass is 9.76. The first-order valence-electron chi connectivity index (χ1n) is 14.6. The predicted octanol–water partition coefficient (Wildman–Crippen LogP) is 6.89. The highest BCUT2D eigenvalue weighted by Crippen LogP contribution is 2.45. The molecule has 2 aromatic carbocycles. The van der Waals surface area contributed by atoms with E-state index < -0.39 is 0 Å². The molecular weight excluding hydrogens is 508 g/mol. The van der Waals surface area contributed by atoms with Crippen LogP contribution in [0.3, 0.4) is 0 Å². The van der Waals surface area contributed by atoms with Crippen LogP contribution in [-0.4, -0.2) is 38.6 Å². The Balaban J connectivity index is 1.23. The third-order valence-corrected chi connectivity index (χ3v) is 8.62. The highest BCUT2D eigenvalue weighted by Gasteiger charge is 2.35. The first-order valence-corrected chi connectivity index (χ1v) is 14.6. The molecular formula is C34H38N6O.